The normalized spacial score (nSPS) is 15.5. The smallest absolute Gasteiger partial charge is 0.324 e. The number of fused-ring (bicyclic) bond motifs is 2. The average molecular weight is 341 g/mol. The molecular formula is C16H15N5O2S. The summed E-state index contributed by atoms with van der Waals surface area (Å²) in [6, 6.07) is 8.06. The minimum absolute atomic E-state index is 0.300. The van der Waals surface area contributed by atoms with Crippen molar-refractivity contribution in [3.63, 3.8) is 0 Å². The lowest BCUT2D eigenvalue weighted by Crippen LogP contribution is -2.31. The van der Waals surface area contributed by atoms with E-state index in [9.17, 15) is 9.59 Å². The first-order valence-electron chi connectivity index (χ1n) is 7.41. The van der Waals surface area contributed by atoms with Gasteiger partial charge in [0, 0.05) is 22.1 Å². The Labute approximate surface area is 140 Å². The Balaban J connectivity index is 1.99. The Morgan fingerprint density at radius 3 is 2.54 bits per heavy atom. The molecule has 0 aliphatic carbocycles. The molecule has 7 nitrogen and oxygen atoms in total. The summed E-state index contributed by atoms with van der Waals surface area (Å²) in [5, 5.41) is 10.2. The first kappa shape index (κ1) is 14.8. The second kappa shape index (κ2) is 5.41. The molecule has 1 aromatic carbocycles. The van der Waals surface area contributed by atoms with Crippen LogP contribution < -0.4 is 16.6 Å². The maximum atomic E-state index is 12.5. The molecule has 4 N–H and O–H groups in total. The lowest BCUT2D eigenvalue weighted by Gasteiger charge is -2.25. The number of aryl methyl sites for hydroxylation is 1. The Bertz CT molecular complexity index is 1030. The molecule has 0 spiro atoms. The van der Waals surface area contributed by atoms with Crippen LogP contribution in [0, 0.1) is 6.92 Å². The van der Waals surface area contributed by atoms with Crippen LogP contribution in [-0.4, -0.2) is 26.4 Å². The molecule has 122 valence electrons. The number of H-pyrrole nitrogens is 3. The quantitative estimate of drug-likeness (QED) is 0.418. The third-order valence-electron chi connectivity index (χ3n) is 4.24. The van der Waals surface area contributed by atoms with Crippen molar-refractivity contribution in [2.45, 2.75) is 17.7 Å². The van der Waals surface area contributed by atoms with Crippen LogP contribution in [0.5, 0.6) is 0 Å². The van der Waals surface area contributed by atoms with Gasteiger partial charge in [-0.1, -0.05) is 12.1 Å². The van der Waals surface area contributed by atoms with Gasteiger partial charge in [0.15, 0.2) is 5.82 Å². The first-order chi connectivity index (χ1) is 11.6. The fourth-order valence-electron chi connectivity index (χ4n) is 3.15. The number of hydrogen-bond acceptors (Lipinski definition) is 5. The van der Waals surface area contributed by atoms with Gasteiger partial charge in [0.25, 0.3) is 5.56 Å². The molecule has 8 heteroatoms. The standard InChI is InChI=1S/C16H15N5O2S/c1-7-10-11(8-3-5-9(24-2)6-4-8)12-13(17-14(10)21-20-7)18-16(23)19-15(12)22/h3-6,11H,1-2H3,(H4,17,18,19,20,21,22,23). The van der Waals surface area contributed by atoms with E-state index in [2.05, 4.69) is 25.5 Å². The summed E-state index contributed by atoms with van der Waals surface area (Å²) in [4.78, 5) is 30.2. The molecule has 0 saturated carbocycles. The predicted molar refractivity (Wildman–Crippen MR) is 93.5 cm³/mol. The number of benzene rings is 1. The monoisotopic (exact) mass is 341 g/mol. The van der Waals surface area contributed by atoms with Gasteiger partial charge in [0.2, 0.25) is 0 Å². The Morgan fingerprint density at radius 2 is 1.83 bits per heavy atom. The van der Waals surface area contributed by atoms with Gasteiger partial charge >= 0.3 is 5.69 Å². The maximum Gasteiger partial charge on any atom is 0.327 e. The van der Waals surface area contributed by atoms with Crippen LogP contribution in [0.1, 0.15) is 28.3 Å². The van der Waals surface area contributed by atoms with Gasteiger partial charge in [-0.15, -0.1) is 11.8 Å². The summed E-state index contributed by atoms with van der Waals surface area (Å²) >= 11 is 1.66. The molecule has 1 aliphatic rings. The number of nitrogens with zero attached hydrogens (tertiary/aromatic N) is 1. The molecule has 3 heterocycles. The molecule has 24 heavy (non-hydrogen) atoms. The average Bonchev–Trinajstić information content (AvgIpc) is 2.94. The predicted octanol–water partition coefficient (Wildman–Crippen LogP) is 2.05. The fraction of sp³-hybridized carbons (Fsp3) is 0.188. The summed E-state index contributed by atoms with van der Waals surface area (Å²) in [5.41, 5.74) is 2.32. The summed E-state index contributed by atoms with van der Waals surface area (Å²) in [6.45, 7) is 1.92. The second-order valence-corrected chi connectivity index (χ2v) is 6.52. The molecule has 4 rings (SSSR count). The highest BCUT2D eigenvalue weighted by Gasteiger charge is 2.33. The summed E-state index contributed by atoms with van der Waals surface area (Å²) in [7, 11) is 0. The zero-order valence-electron chi connectivity index (χ0n) is 13.1. The maximum absolute atomic E-state index is 12.5. The molecular weight excluding hydrogens is 326 g/mol. The highest BCUT2D eigenvalue weighted by molar-refractivity contribution is 7.98. The van der Waals surface area contributed by atoms with E-state index in [1.165, 1.54) is 0 Å². The molecule has 0 saturated heterocycles. The van der Waals surface area contributed by atoms with E-state index in [1.807, 2.05) is 37.4 Å². The van der Waals surface area contributed by atoms with Crippen LogP contribution in [0.2, 0.25) is 0 Å². The third kappa shape index (κ3) is 2.18. The van der Waals surface area contributed by atoms with Crippen LogP contribution in [0.25, 0.3) is 0 Å². The number of hydrogen-bond donors (Lipinski definition) is 4. The molecule has 3 aromatic rings. The van der Waals surface area contributed by atoms with E-state index in [1.54, 1.807) is 11.8 Å². The van der Waals surface area contributed by atoms with Crippen LogP contribution in [0.15, 0.2) is 38.8 Å². The number of nitrogens with one attached hydrogen (secondary N) is 4. The Morgan fingerprint density at radius 1 is 1.08 bits per heavy atom. The van der Waals surface area contributed by atoms with Crippen LogP contribution in [0.3, 0.4) is 0 Å². The third-order valence-corrected chi connectivity index (χ3v) is 4.99. The van der Waals surface area contributed by atoms with Crippen molar-refractivity contribution >= 4 is 23.4 Å². The SMILES string of the molecule is CSc1ccc(C2c3c(n[nH]c3C)Nc3[nH]c(=O)[nH]c(=O)c32)cc1. The van der Waals surface area contributed by atoms with Crippen molar-refractivity contribution < 1.29 is 0 Å². The van der Waals surface area contributed by atoms with E-state index >= 15 is 0 Å². The zero-order chi connectivity index (χ0) is 16.8. The van der Waals surface area contributed by atoms with Gasteiger partial charge in [-0.3, -0.25) is 19.9 Å². The number of rotatable bonds is 2. The van der Waals surface area contributed by atoms with E-state index in [0.717, 1.165) is 21.7 Å². The Hall–Kier alpha value is -2.74. The van der Waals surface area contributed by atoms with Gasteiger partial charge in [0.1, 0.15) is 5.82 Å². The van der Waals surface area contributed by atoms with Gasteiger partial charge in [-0.2, -0.15) is 5.10 Å². The molecule has 1 aliphatic heterocycles. The number of anilines is 2. The van der Waals surface area contributed by atoms with Crippen molar-refractivity contribution in [2.24, 2.45) is 0 Å². The highest BCUT2D eigenvalue weighted by atomic mass is 32.2. The molecule has 0 bridgehead atoms. The van der Waals surface area contributed by atoms with Gasteiger partial charge in [0.05, 0.1) is 5.56 Å². The van der Waals surface area contributed by atoms with E-state index in [-0.39, 0.29) is 5.92 Å². The van der Waals surface area contributed by atoms with E-state index < -0.39 is 11.2 Å². The number of thioether (sulfide) groups is 1. The zero-order valence-corrected chi connectivity index (χ0v) is 13.9. The van der Waals surface area contributed by atoms with Gasteiger partial charge in [-0.05, 0) is 30.9 Å². The van der Waals surface area contributed by atoms with Crippen LogP contribution in [0.4, 0.5) is 11.6 Å². The number of aromatic amines is 3. The molecule has 0 amide bonds. The summed E-state index contributed by atoms with van der Waals surface area (Å²) in [6.07, 6.45) is 2.02. The van der Waals surface area contributed by atoms with Crippen molar-refractivity contribution in [1.29, 1.82) is 0 Å². The van der Waals surface area contributed by atoms with E-state index in [4.69, 9.17) is 0 Å². The van der Waals surface area contributed by atoms with Crippen molar-refractivity contribution in [3.05, 3.63) is 67.5 Å². The van der Waals surface area contributed by atoms with Crippen molar-refractivity contribution in [3.8, 4) is 0 Å². The lowest BCUT2D eigenvalue weighted by atomic mass is 9.83. The summed E-state index contributed by atoms with van der Waals surface area (Å²) < 4.78 is 0. The van der Waals surface area contributed by atoms with E-state index in [0.29, 0.717) is 17.2 Å². The highest BCUT2D eigenvalue weighted by Crippen LogP contribution is 2.42. The molecule has 0 fully saturated rings. The molecule has 1 unspecified atom stereocenters. The Kier molecular flexibility index (Phi) is 3.34. The van der Waals surface area contributed by atoms with Crippen LogP contribution >= 0.6 is 11.8 Å². The van der Waals surface area contributed by atoms with Gasteiger partial charge < -0.3 is 5.32 Å². The lowest BCUT2D eigenvalue weighted by molar-refractivity contribution is 0.880. The molecule has 2 aromatic heterocycles. The summed E-state index contributed by atoms with van der Waals surface area (Å²) in [5.74, 6) is 0.716. The largest absolute Gasteiger partial charge is 0.327 e. The van der Waals surface area contributed by atoms with Crippen molar-refractivity contribution in [1.82, 2.24) is 20.2 Å². The molecule has 0 radical (unpaired) electrons. The number of aromatic nitrogens is 4. The van der Waals surface area contributed by atoms with Gasteiger partial charge in [-0.25, -0.2) is 4.79 Å². The molecule has 1 atom stereocenters. The van der Waals surface area contributed by atoms with Crippen LogP contribution in [-0.2, 0) is 0 Å². The minimum atomic E-state index is -0.543. The minimum Gasteiger partial charge on any atom is -0.324 e. The van der Waals surface area contributed by atoms with Crippen molar-refractivity contribution in [2.75, 3.05) is 11.6 Å². The first-order valence-corrected chi connectivity index (χ1v) is 8.63. The second-order valence-electron chi connectivity index (χ2n) is 5.64. The topological polar surface area (TPSA) is 106 Å². The fourth-order valence-corrected chi connectivity index (χ4v) is 3.56.